The van der Waals surface area contributed by atoms with E-state index in [2.05, 4.69) is 15.6 Å². The van der Waals surface area contributed by atoms with Crippen LogP contribution in [0.3, 0.4) is 0 Å². The summed E-state index contributed by atoms with van der Waals surface area (Å²) in [6.45, 7) is 1.43. The number of amides is 1. The van der Waals surface area contributed by atoms with Crippen LogP contribution in [0.1, 0.15) is 26.2 Å². The summed E-state index contributed by atoms with van der Waals surface area (Å²) in [5.41, 5.74) is 26.3. The van der Waals surface area contributed by atoms with Gasteiger partial charge in [0, 0.05) is 24.4 Å². The average molecular weight is 573 g/mol. The zero-order chi connectivity index (χ0) is 29.6. The molecule has 3 fully saturated rings. The summed E-state index contributed by atoms with van der Waals surface area (Å²) < 4.78 is 17.9. The number of rotatable bonds is 8. The normalized spacial score (nSPS) is 47.0. The number of likely N-dealkylation sites (N-methyl/N-ethyl adjacent to an activating group) is 1. The van der Waals surface area contributed by atoms with Crippen LogP contribution in [0.15, 0.2) is 16.8 Å². The molecule has 16 nitrogen and oxygen atoms in total. The van der Waals surface area contributed by atoms with E-state index in [4.69, 9.17) is 42.9 Å². The molecule has 0 aromatic carbocycles. The maximum atomic E-state index is 12.9. The molecule has 0 aromatic heterocycles. The van der Waals surface area contributed by atoms with Gasteiger partial charge in [-0.3, -0.25) is 4.79 Å². The Labute approximate surface area is 232 Å². The number of aliphatic hydroxyl groups excluding tert-OH is 2. The minimum absolute atomic E-state index is 0.0853. The Morgan fingerprint density at radius 1 is 1.25 bits per heavy atom. The van der Waals surface area contributed by atoms with Gasteiger partial charge in [0.05, 0.1) is 37.4 Å². The lowest BCUT2D eigenvalue weighted by Gasteiger charge is -2.50. The molecule has 16 heteroatoms. The van der Waals surface area contributed by atoms with Gasteiger partial charge < -0.3 is 73.9 Å². The standard InChI is InChI=1S/C24H44N8O8/c1-23(36)8-38-20(16(34)19(23)30-2)40-18-12(31-21(35)24(37)6-13(24)27)5-10(26)14(15(18)33)17-11(32-22(28)29)4-3-9(7-25)39-17/h3,10-20,30,33-34,36-37H,4-8,25-27H2,1-2H3,(H,31,35)(H4,28,29,32). The molecule has 0 aromatic rings. The molecule has 2 heterocycles. The molecule has 16 N–H and O–H groups in total. The zero-order valence-corrected chi connectivity index (χ0v) is 22.7. The van der Waals surface area contributed by atoms with Gasteiger partial charge in [-0.05, 0) is 32.9 Å². The molecule has 2 saturated carbocycles. The number of hydrogen-bond acceptors (Lipinski definition) is 13. The van der Waals surface area contributed by atoms with E-state index in [-0.39, 0.29) is 32.0 Å². The van der Waals surface area contributed by atoms with Gasteiger partial charge in [0.25, 0.3) is 5.91 Å². The smallest absolute Gasteiger partial charge is 0.253 e. The number of hydrogen-bond donors (Lipinski definition) is 11. The minimum Gasteiger partial charge on any atom is -0.491 e. The van der Waals surface area contributed by atoms with Crippen LogP contribution in [0.4, 0.5) is 0 Å². The van der Waals surface area contributed by atoms with Crippen molar-refractivity contribution in [1.82, 2.24) is 10.6 Å². The number of aliphatic imine (C=N–C) groups is 1. The van der Waals surface area contributed by atoms with Crippen LogP contribution in [0.2, 0.25) is 0 Å². The van der Waals surface area contributed by atoms with Gasteiger partial charge in [0.2, 0.25) is 0 Å². The predicted molar refractivity (Wildman–Crippen MR) is 142 cm³/mol. The predicted octanol–water partition coefficient (Wildman–Crippen LogP) is -5.64. The second-order valence-electron chi connectivity index (χ2n) is 11.5. The van der Waals surface area contributed by atoms with Crippen LogP contribution >= 0.6 is 0 Å². The number of carbonyl (C=O) groups excluding carboxylic acids is 1. The molecule has 228 valence electrons. The lowest BCUT2D eigenvalue weighted by Crippen LogP contribution is -2.69. The highest BCUT2D eigenvalue weighted by Crippen LogP contribution is 2.39. The van der Waals surface area contributed by atoms with E-state index in [0.29, 0.717) is 12.2 Å². The summed E-state index contributed by atoms with van der Waals surface area (Å²) in [7, 11) is 1.57. The second kappa shape index (κ2) is 11.6. The Morgan fingerprint density at radius 3 is 2.50 bits per heavy atom. The van der Waals surface area contributed by atoms with E-state index >= 15 is 0 Å². The molecule has 0 radical (unpaired) electrons. The lowest BCUT2D eigenvalue weighted by molar-refractivity contribution is -0.297. The third-order valence-corrected chi connectivity index (χ3v) is 8.42. The summed E-state index contributed by atoms with van der Waals surface area (Å²) in [6.07, 6.45) is -3.70. The topological polar surface area (TPSA) is 292 Å². The number of nitrogens with two attached hydrogens (primary N) is 5. The van der Waals surface area contributed by atoms with Gasteiger partial charge in [0.1, 0.15) is 29.7 Å². The Balaban J connectivity index is 1.64. The highest BCUT2D eigenvalue weighted by molar-refractivity contribution is 5.89. The Morgan fingerprint density at radius 2 is 1.93 bits per heavy atom. The fourth-order valence-electron chi connectivity index (χ4n) is 6.07. The number of ether oxygens (including phenoxy) is 3. The summed E-state index contributed by atoms with van der Waals surface area (Å²) >= 11 is 0. The first-order valence-corrected chi connectivity index (χ1v) is 13.4. The van der Waals surface area contributed by atoms with Crippen molar-refractivity contribution in [2.45, 2.75) is 98.3 Å². The SMILES string of the molecule is CNC1C(O)C(OC2C(NC(=O)C3(O)CC3N)CC(N)C(C3OC(CN)=CCC3N=C(N)N)C2O)OCC1(C)O. The van der Waals surface area contributed by atoms with E-state index in [1.807, 2.05) is 0 Å². The first kappa shape index (κ1) is 30.8. The first-order chi connectivity index (χ1) is 18.7. The molecule has 13 unspecified atom stereocenters. The van der Waals surface area contributed by atoms with Crippen LogP contribution < -0.4 is 39.3 Å². The summed E-state index contributed by atoms with van der Waals surface area (Å²) in [4.78, 5) is 17.2. The molecule has 1 saturated heterocycles. The fraction of sp³-hybridized carbons (Fsp3) is 0.833. The highest BCUT2D eigenvalue weighted by Gasteiger charge is 2.59. The van der Waals surface area contributed by atoms with Crippen LogP contribution in [0.5, 0.6) is 0 Å². The monoisotopic (exact) mass is 572 g/mol. The van der Waals surface area contributed by atoms with Gasteiger partial charge in [-0.25, -0.2) is 4.99 Å². The fourth-order valence-corrected chi connectivity index (χ4v) is 6.07. The molecule has 4 aliphatic rings. The van der Waals surface area contributed by atoms with Gasteiger partial charge in [0.15, 0.2) is 17.9 Å². The maximum Gasteiger partial charge on any atom is 0.253 e. The molecule has 4 rings (SSSR count). The van der Waals surface area contributed by atoms with E-state index in [1.165, 1.54) is 6.92 Å². The van der Waals surface area contributed by atoms with Crippen molar-refractivity contribution >= 4 is 11.9 Å². The quantitative estimate of drug-likeness (QED) is 0.0954. The van der Waals surface area contributed by atoms with E-state index < -0.39 is 83.9 Å². The molecular weight excluding hydrogens is 528 g/mol. The number of guanidine groups is 1. The van der Waals surface area contributed by atoms with Crippen molar-refractivity contribution in [3.8, 4) is 0 Å². The molecule has 2 aliphatic heterocycles. The summed E-state index contributed by atoms with van der Waals surface area (Å²) in [5.74, 6) is -1.22. The van der Waals surface area contributed by atoms with Crippen molar-refractivity contribution in [2.24, 2.45) is 39.6 Å². The van der Waals surface area contributed by atoms with Gasteiger partial charge in [-0.1, -0.05) is 0 Å². The molecule has 0 bridgehead atoms. The van der Waals surface area contributed by atoms with Crippen LogP contribution in [0.25, 0.3) is 0 Å². The Bertz CT molecular complexity index is 996. The van der Waals surface area contributed by atoms with E-state index in [1.54, 1.807) is 13.1 Å². The average Bonchev–Trinajstić information content (AvgIpc) is 3.50. The summed E-state index contributed by atoms with van der Waals surface area (Å²) in [6, 6.07) is -3.80. The van der Waals surface area contributed by atoms with Crippen molar-refractivity contribution in [2.75, 3.05) is 20.2 Å². The second-order valence-corrected chi connectivity index (χ2v) is 11.5. The van der Waals surface area contributed by atoms with Crippen molar-refractivity contribution in [3.63, 3.8) is 0 Å². The molecule has 2 aliphatic carbocycles. The van der Waals surface area contributed by atoms with Gasteiger partial charge >= 0.3 is 0 Å². The largest absolute Gasteiger partial charge is 0.491 e. The first-order valence-electron chi connectivity index (χ1n) is 13.4. The van der Waals surface area contributed by atoms with Crippen molar-refractivity contribution in [3.05, 3.63) is 11.8 Å². The number of nitrogens with one attached hydrogen (secondary N) is 2. The Kier molecular flexibility index (Phi) is 8.97. The Hall–Kier alpha value is -2.12. The molecular formula is C24H44N8O8. The molecule has 1 amide bonds. The minimum atomic E-state index is -1.74. The highest BCUT2D eigenvalue weighted by atomic mass is 16.7. The van der Waals surface area contributed by atoms with Crippen LogP contribution in [-0.2, 0) is 19.0 Å². The van der Waals surface area contributed by atoms with Crippen molar-refractivity contribution < 1.29 is 39.4 Å². The molecule has 40 heavy (non-hydrogen) atoms. The third-order valence-electron chi connectivity index (χ3n) is 8.42. The number of carbonyl (C=O) groups is 1. The van der Waals surface area contributed by atoms with Gasteiger partial charge in [-0.2, -0.15) is 0 Å². The van der Waals surface area contributed by atoms with Crippen molar-refractivity contribution in [1.29, 1.82) is 0 Å². The van der Waals surface area contributed by atoms with Crippen LogP contribution in [0, 0.1) is 5.92 Å². The molecule has 0 spiro atoms. The summed E-state index contributed by atoms with van der Waals surface area (Å²) in [5, 5.41) is 49.5. The van der Waals surface area contributed by atoms with E-state index in [9.17, 15) is 25.2 Å². The van der Waals surface area contributed by atoms with Gasteiger partial charge in [-0.15, -0.1) is 0 Å². The molecule has 13 atom stereocenters. The lowest BCUT2D eigenvalue weighted by atomic mass is 9.72. The maximum absolute atomic E-state index is 12.9. The number of aliphatic hydroxyl groups is 4. The third kappa shape index (κ3) is 5.92. The van der Waals surface area contributed by atoms with Crippen LogP contribution in [-0.4, -0.2) is 125 Å². The van der Waals surface area contributed by atoms with E-state index in [0.717, 1.165) is 0 Å². The zero-order valence-electron chi connectivity index (χ0n) is 22.7. The number of nitrogens with zero attached hydrogens (tertiary/aromatic N) is 1.